The van der Waals surface area contributed by atoms with Crippen LogP contribution in [0.2, 0.25) is 0 Å². The lowest BCUT2D eigenvalue weighted by Crippen LogP contribution is -2.33. The number of methoxy groups -OCH3 is 1. The summed E-state index contributed by atoms with van der Waals surface area (Å²) in [6.07, 6.45) is 3.24. The highest BCUT2D eigenvalue weighted by Gasteiger charge is 2.36. The molecule has 0 aromatic carbocycles. The van der Waals surface area contributed by atoms with Gasteiger partial charge in [0, 0.05) is 44.7 Å². The molecule has 7 nitrogen and oxygen atoms in total. The number of ether oxygens (including phenoxy) is 2. The first-order chi connectivity index (χ1) is 13.2. The lowest BCUT2D eigenvalue weighted by atomic mass is 10.0. The Morgan fingerprint density at radius 2 is 2.11 bits per heavy atom. The fourth-order valence-corrected chi connectivity index (χ4v) is 4.10. The molecule has 0 spiro atoms. The number of hydrogen-bond donors (Lipinski definition) is 0. The van der Waals surface area contributed by atoms with E-state index >= 15 is 0 Å². The van der Waals surface area contributed by atoms with Gasteiger partial charge in [0.25, 0.3) is 0 Å². The Morgan fingerprint density at radius 1 is 1.19 bits per heavy atom. The predicted molar refractivity (Wildman–Crippen MR) is 97.4 cm³/mol. The number of pyridine rings is 1. The molecule has 142 valence electrons. The SMILES string of the molecule is COC1CN(c2nc(N3CCc4cnccc4C3)nc3c2COC3)CC1F. The lowest BCUT2D eigenvalue weighted by Gasteiger charge is -2.30. The normalized spacial score (nSPS) is 24.2. The fourth-order valence-electron chi connectivity index (χ4n) is 4.10. The molecule has 0 aliphatic carbocycles. The molecule has 3 aliphatic heterocycles. The Balaban J connectivity index is 1.48. The summed E-state index contributed by atoms with van der Waals surface area (Å²) in [6.45, 7) is 3.33. The third-order valence-electron chi connectivity index (χ3n) is 5.64. The first-order valence-corrected chi connectivity index (χ1v) is 9.29. The molecule has 8 heteroatoms. The van der Waals surface area contributed by atoms with E-state index < -0.39 is 12.3 Å². The van der Waals surface area contributed by atoms with E-state index in [-0.39, 0.29) is 6.54 Å². The molecule has 0 bridgehead atoms. The smallest absolute Gasteiger partial charge is 0.227 e. The molecular formula is C19H22FN5O2. The molecule has 5 heterocycles. The first kappa shape index (κ1) is 16.8. The van der Waals surface area contributed by atoms with E-state index in [4.69, 9.17) is 19.4 Å². The minimum Gasteiger partial charge on any atom is -0.377 e. The zero-order chi connectivity index (χ0) is 18.4. The maximum Gasteiger partial charge on any atom is 0.227 e. The zero-order valence-electron chi connectivity index (χ0n) is 15.3. The van der Waals surface area contributed by atoms with Gasteiger partial charge in [0.2, 0.25) is 5.95 Å². The van der Waals surface area contributed by atoms with Crippen LogP contribution in [0.25, 0.3) is 0 Å². The van der Waals surface area contributed by atoms with Crippen LogP contribution in [0.3, 0.4) is 0 Å². The number of halogens is 1. The van der Waals surface area contributed by atoms with Gasteiger partial charge in [0.1, 0.15) is 18.1 Å². The zero-order valence-corrected chi connectivity index (χ0v) is 15.3. The van der Waals surface area contributed by atoms with E-state index in [0.717, 1.165) is 36.6 Å². The van der Waals surface area contributed by atoms with Crippen LogP contribution in [-0.2, 0) is 35.7 Å². The van der Waals surface area contributed by atoms with Crippen molar-refractivity contribution in [2.45, 2.75) is 38.5 Å². The van der Waals surface area contributed by atoms with Crippen molar-refractivity contribution in [3.8, 4) is 0 Å². The number of nitrogens with zero attached hydrogens (tertiary/aromatic N) is 5. The summed E-state index contributed by atoms with van der Waals surface area (Å²) in [7, 11) is 1.56. The molecular weight excluding hydrogens is 349 g/mol. The largest absolute Gasteiger partial charge is 0.377 e. The van der Waals surface area contributed by atoms with Gasteiger partial charge >= 0.3 is 0 Å². The van der Waals surface area contributed by atoms with Gasteiger partial charge in [-0.15, -0.1) is 0 Å². The highest BCUT2D eigenvalue weighted by Crippen LogP contribution is 2.33. The van der Waals surface area contributed by atoms with Gasteiger partial charge in [-0.1, -0.05) is 0 Å². The van der Waals surface area contributed by atoms with Crippen LogP contribution < -0.4 is 9.80 Å². The summed E-state index contributed by atoms with van der Waals surface area (Å²) < 4.78 is 25.1. The summed E-state index contributed by atoms with van der Waals surface area (Å²) in [5, 5.41) is 0. The number of hydrogen-bond acceptors (Lipinski definition) is 7. The maximum atomic E-state index is 14.2. The topological polar surface area (TPSA) is 63.6 Å². The molecule has 2 aromatic rings. The molecule has 3 aliphatic rings. The second-order valence-corrected chi connectivity index (χ2v) is 7.28. The molecule has 2 unspecified atom stereocenters. The van der Waals surface area contributed by atoms with Gasteiger partial charge in [-0.2, -0.15) is 4.98 Å². The van der Waals surface area contributed by atoms with E-state index in [1.165, 1.54) is 11.1 Å². The quantitative estimate of drug-likeness (QED) is 0.813. The Hall–Kier alpha value is -2.32. The number of alkyl halides is 1. The first-order valence-electron chi connectivity index (χ1n) is 9.29. The lowest BCUT2D eigenvalue weighted by molar-refractivity contribution is 0.0650. The van der Waals surface area contributed by atoms with Gasteiger partial charge in [-0.3, -0.25) is 4.98 Å². The molecule has 0 saturated carbocycles. The van der Waals surface area contributed by atoms with E-state index in [1.54, 1.807) is 7.11 Å². The minimum atomic E-state index is -1.01. The number of aromatic nitrogens is 3. The fraction of sp³-hybridized carbons (Fsp3) is 0.526. The average Bonchev–Trinajstić information content (AvgIpc) is 3.33. The van der Waals surface area contributed by atoms with Crippen molar-refractivity contribution >= 4 is 11.8 Å². The Kier molecular flexibility index (Phi) is 4.17. The Bertz CT molecular complexity index is 864. The summed E-state index contributed by atoms with van der Waals surface area (Å²) in [5.41, 5.74) is 4.42. The van der Waals surface area contributed by atoms with Gasteiger partial charge in [-0.25, -0.2) is 9.37 Å². The van der Waals surface area contributed by atoms with E-state index in [9.17, 15) is 4.39 Å². The molecule has 2 atom stereocenters. The van der Waals surface area contributed by atoms with Gasteiger partial charge in [-0.05, 0) is 23.6 Å². The van der Waals surface area contributed by atoms with Crippen LogP contribution in [-0.4, -0.2) is 54.0 Å². The minimum absolute atomic E-state index is 0.288. The molecule has 0 amide bonds. The Morgan fingerprint density at radius 3 is 2.96 bits per heavy atom. The molecule has 27 heavy (non-hydrogen) atoms. The van der Waals surface area contributed by atoms with Crippen molar-refractivity contribution in [1.29, 1.82) is 0 Å². The van der Waals surface area contributed by atoms with E-state index in [2.05, 4.69) is 16.0 Å². The van der Waals surface area contributed by atoms with Gasteiger partial charge < -0.3 is 19.3 Å². The summed E-state index contributed by atoms with van der Waals surface area (Å²) in [4.78, 5) is 18.0. The second-order valence-electron chi connectivity index (χ2n) is 7.28. The average molecular weight is 371 g/mol. The predicted octanol–water partition coefficient (Wildman–Crippen LogP) is 1.64. The third kappa shape index (κ3) is 2.93. The van der Waals surface area contributed by atoms with Crippen molar-refractivity contribution in [2.24, 2.45) is 0 Å². The van der Waals surface area contributed by atoms with Crippen molar-refractivity contribution in [3.63, 3.8) is 0 Å². The Labute approximate surface area is 157 Å². The van der Waals surface area contributed by atoms with Crippen LogP contribution in [0.5, 0.6) is 0 Å². The highest BCUT2D eigenvalue weighted by atomic mass is 19.1. The monoisotopic (exact) mass is 371 g/mol. The van der Waals surface area contributed by atoms with Crippen LogP contribution in [0.4, 0.5) is 16.2 Å². The third-order valence-corrected chi connectivity index (χ3v) is 5.64. The number of rotatable bonds is 3. The second kappa shape index (κ2) is 6.69. The number of fused-ring (bicyclic) bond motifs is 2. The van der Waals surface area contributed by atoms with E-state index in [0.29, 0.717) is 25.7 Å². The highest BCUT2D eigenvalue weighted by molar-refractivity contribution is 5.55. The number of anilines is 2. The summed E-state index contributed by atoms with van der Waals surface area (Å²) >= 11 is 0. The molecule has 5 rings (SSSR count). The molecule has 1 fully saturated rings. The van der Waals surface area contributed by atoms with Crippen molar-refractivity contribution in [1.82, 2.24) is 15.0 Å². The van der Waals surface area contributed by atoms with Gasteiger partial charge in [0.05, 0.1) is 25.5 Å². The van der Waals surface area contributed by atoms with Gasteiger partial charge in [0.15, 0.2) is 0 Å². The maximum absolute atomic E-state index is 14.2. The standard InChI is InChI=1S/C19H22FN5O2/c1-26-17-9-25(8-15(17)20)18-14-10-27-11-16(14)22-19(23-18)24-5-3-12-6-21-4-2-13(12)7-24/h2,4,6,15,17H,3,5,7-11H2,1H3. The molecule has 1 saturated heterocycles. The van der Waals surface area contributed by atoms with Crippen LogP contribution >= 0.6 is 0 Å². The summed E-state index contributed by atoms with van der Waals surface area (Å²) in [6, 6.07) is 2.05. The van der Waals surface area contributed by atoms with Crippen LogP contribution in [0, 0.1) is 0 Å². The van der Waals surface area contributed by atoms with E-state index in [1.807, 2.05) is 17.3 Å². The van der Waals surface area contributed by atoms with Crippen molar-refractivity contribution in [2.75, 3.05) is 36.5 Å². The van der Waals surface area contributed by atoms with Crippen molar-refractivity contribution < 1.29 is 13.9 Å². The molecule has 0 N–H and O–H groups in total. The molecule has 0 radical (unpaired) electrons. The van der Waals surface area contributed by atoms with Crippen molar-refractivity contribution in [3.05, 3.63) is 40.8 Å². The molecule has 2 aromatic heterocycles. The van der Waals surface area contributed by atoms with Crippen LogP contribution in [0.1, 0.15) is 22.4 Å². The van der Waals surface area contributed by atoms with Crippen LogP contribution in [0.15, 0.2) is 18.5 Å². The summed E-state index contributed by atoms with van der Waals surface area (Å²) in [5.74, 6) is 1.48.